The van der Waals surface area contributed by atoms with E-state index >= 15 is 0 Å². The molecule has 1 unspecified atom stereocenters. The second-order valence-electron chi connectivity index (χ2n) is 6.23. The normalized spacial score (nSPS) is 20.4. The lowest BCUT2D eigenvalue weighted by molar-refractivity contribution is 0.144. The fraction of sp³-hybridized carbons (Fsp3) is 0.812. The van der Waals surface area contributed by atoms with E-state index in [9.17, 15) is 0 Å². The molecule has 1 aliphatic rings. The summed E-state index contributed by atoms with van der Waals surface area (Å²) in [6, 6.07) is 0.466. The summed E-state index contributed by atoms with van der Waals surface area (Å²) in [6.07, 6.45) is 12.3. The highest BCUT2D eigenvalue weighted by Crippen LogP contribution is 2.45. The van der Waals surface area contributed by atoms with Crippen LogP contribution in [0.3, 0.4) is 0 Å². The predicted molar refractivity (Wildman–Crippen MR) is 80.1 cm³/mol. The zero-order valence-electron chi connectivity index (χ0n) is 12.8. The first-order valence-corrected chi connectivity index (χ1v) is 7.95. The predicted octanol–water partition coefficient (Wildman–Crippen LogP) is 3.91. The molecular formula is C16H29N3. The summed E-state index contributed by atoms with van der Waals surface area (Å²) in [5.74, 6) is 0. The summed E-state index contributed by atoms with van der Waals surface area (Å²) in [6.45, 7) is 8.90. The van der Waals surface area contributed by atoms with Gasteiger partial charge in [0.15, 0.2) is 0 Å². The van der Waals surface area contributed by atoms with E-state index < -0.39 is 0 Å². The topological polar surface area (TPSA) is 29.9 Å². The molecule has 3 heteroatoms. The number of nitrogens with one attached hydrogen (secondary N) is 1. The van der Waals surface area contributed by atoms with Crippen LogP contribution in [0.4, 0.5) is 0 Å². The van der Waals surface area contributed by atoms with Crippen LogP contribution in [-0.4, -0.2) is 16.3 Å². The van der Waals surface area contributed by atoms with Crippen molar-refractivity contribution in [1.29, 1.82) is 0 Å². The molecule has 1 saturated carbocycles. The maximum Gasteiger partial charge on any atom is 0.0537 e. The lowest BCUT2D eigenvalue weighted by atomic mass is 9.69. The van der Waals surface area contributed by atoms with Gasteiger partial charge in [0.1, 0.15) is 0 Å². The SMILES string of the molecule is CCCNC(c1cnn(CC)c1)C1(C)CCCCC1. The van der Waals surface area contributed by atoms with Gasteiger partial charge in [-0.05, 0) is 38.1 Å². The van der Waals surface area contributed by atoms with Crippen LogP contribution in [0.1, 0.15) is 70.9 Å². The highest BCUT2D eigenvalue weighted by molar-refractivity contribution is 5.15. The third-order valence-electron chi connectivity index (χ3n) is 4.60. The average Bonchev–Trinajstić information content (AvgIpc) is 2.88. The van der Waals surface area contributed by atoms with Crippen molar-refractivity contribution in [2.75, 3.05) is 6.54 Å². The molecule has 1 aromatic rings. The molecule has 0 saturated heterocycles. The number of aryl methyl sites for hydroxylation is 1. The Labute approximate surface area is 117 Å². The van der Waals surface area contributed by atoms with Crippen molar-refractivity contribution in [2.45, 2.75) is 71.9 Å². The summed E-state index contributed by atoms with van der Waals surface area (Å²) < 4.78 is 2.04. The van der Waals surface area contributed by atoms with Crippen molar-refractivity contribution in [2.24, 2.45) is 5.41 Å². The van der Waals surface area contributed by atoms with E-state index in [4.69, 9.17) is 0 Å². The Bertz CT molecular complexity index is 377. The molecule has 0 aromatic carbocycles. The Hall–Kier alpha value is -0.830. The molecule has 1 heterocycles. The molecular weight excluding hydrogens is 234 g/mol. The minimum atomic E-state index is 0.398. The van der Waals surface area contributed by atoms with Gasteiger partial charge in [-0.2, -0.15) is 5.10 Å². The van der Waals surface area contributed by atoms with E-state index in [1.807, 2.05) is 4.68 Å². The fourth-order valence-electron chi connectivity index (χ4n) is 3.40. The summed E-state index contributed by atoms with van der Waals surface area (Å²) >= 11 is 0. The number of rotatable bonds is 6. The number of aromatic nitrogens is 2. The van der Waals surface area contributed by atoms with Crippen LogP contribution in [0.25, 0.3) is 0 Å². The van der Waals surface area contributed by atoms with Gasteiger partial charge in [0.25, 0.3) is 0 Å². The quantitative estimate of drug-likeness (QED) is 0.843. The number of nitrogens with zero attached hydrogens (tertiary/aromatic N) is 2. The summed E-state index contributed by atoms with van der Waals surface area (Å²) in [7, 11) is 0. The van der Waals surface area contributed by atoms with Crippen LogP contribution in [-0.2, 0) is 6.54 Å². The highest BCUT2D eigenvalue weighted by atomic mass is 15.3. The Morgan fingerprint density at radius 1 is 1.32 bits per heavy atom. The van der Waals surface area contributed by atoms with Gasteiger partial charge in [-0.3, -0.25) is 4.68 Å². The molecule has 0 radical (unpaired) electrons. The van der Waals surface area contributed by atoms with Crippen molar-refractivity contribution in [1.82, 2.24) is 15.1 Å². The fourth-order valence-corrected chi connectivity index (χ4v) is 3.40. The van der Waals surface area contributed by atoms with Crippen molar-refractivity contribution in [3.63, 3.8) is 0 Å². The molecule has 0 bridgehead atoms. The van der Waals surface area contributed by atoms with Gasteiger partial charge < -0.3 is 5.32 Å². The molecule has 0 amide bonds. The van der Waals surface area contributed by atoms with Crippen LogP contribution < -0.4 is 5.32 Å². The van der Waals surface area contributed by atoms with Gasteiger partial charge >= 0.3 is 0 Å². The van der Waals surface area contributed by atoms with Crippen LogP contribution >= 0.6 is 0 Å². The van der Waals surface area contributed by atoms with E-state index in [2.05, 4.69) is 43.6 Å². The van der Waals surface area contributed by atoms with Gasteiger partial charge in [-0.1, -0.05) is 33.1 Å². The highest BCUT2D eigenvalue weighted by Gasteiger charge is 2.36. The Morgan fingerprint density at radius 3 is 2.63 bits per heavy atom. The summed E-state index contributed by atoms with van der Waals surface area (Å²) in [5.41, 5.74) is 1.77. The molecule has 1 N–H and O–H groups in total. The van der Waals surface area contributed by atoms with Crippen molar-refractivity contribution in [3.8, 4) is 0 Å². The van der Waals surface area contributed by atoms with Crippen molar-refractivity contribution < 1.29 is 0 Å². The van der Waals surface area contributed by atoms with E-state index in [-0.39, 0.29) is 0 Å². The molecule has 1 fully saturated rings. The Morgan fingerprint density at radius 2 is 2.05 bits per heavy atom. The minimum Gasteiger partial charge on any atom is -0.309 e. The van der Waals surface area contributed by atoms with Gasteiger partial charge in [-0.15, -0.1) is 0 Å². The van der Waals surface area contributed by atoms with Crippen LogP contribution in [0, 0.1) is 5.41 Å². The van der Waals surface area contributed by atoms with Crippen LogP contribution in [0.5, 0.6) is 0 Å². The molecule has 0 spiro atoms. The number of hydrogen-bond acceptors (Lipinski definition) is 2. The molecule has 2 rings (SSSR count). The standard InChI is InChI=1S/C16H29N3/c1-4-11-17-15(14-12-18-19(5-2)13-14)16(3)9-7-6-8-10-16/h12-13,15,17H,4-11H2,1-3H3. The second kappa shape index (κ2) is 6.56. The summed E-state index contributed by atoms with van der Waals surface area (Å²) in [5, 5.41) is 8.25. The van der Waals surface area contributed by atoms with Crippen molar-refractivity contribution in [3.05, 3.63) is 18.0 Å². The maximum atomic E-state index is 4.47. The molecule has 1 atom stereocenters. The van der Waals surface area contributed by atoms with E-state index in [1.54, 1.807) is 0 Å². The Balaban J connectivity index is 2.18. The van der Waals surface area contributed by atoms with Gasteiger partial charge in [0.05, 0.1) is 6.20 Å². The molecule has 19 heavy (non-hydrogen) atoms. The smallest absolute Gasteiger partial charge is 0.0537 e. The average molecular weight is 263 g/mol. The molecule has 108 valence electrons. The molecule has 1 aliphatic carbocycles. The lowest BCUT2D eigenvalue weighted by Gasteiger charge is -2.41. The van der Waals surface area contributed by atoms with Gasteiger partial charge in [0, 0.05) is 24.3 Å². The zero-order chi connectivity index (χ0) is 13.7. The monoisotopic (exact) mass is 263 g/mol. The zero-order valence-corrected chi connectivity index (χ0v) is 12.8. The van der Waals surface area contributed by atoms with E-state index in [1.165, 1.54) is 44.1 Å². The summed E-state index contributed by atoms with van der Waals surface area (Å²) in [4.78, 5) is 0. The first kappa shape index (κ1) is 14.6. The third-order valence-corrected chi connectivity index (χ3v) is 4.60. The largest absolute Gasteiger partial charge is 0.309 e. The van der Waals surface area contributed by atoms with E-state index in [0.717, 1.165) is 13.1 Å². The van der Waals surface area contributed by atoms with Gasteiger partial charge in [-0.25, -0.2) is 0 Å². The number of hydrogen-bond donors (Lipinski definition) is 1. The third kappa shape index (κ3) is 3.38. The maximum absolute atomic E-state index is 4.47. The Kier molecular flexibility index (Phi) is 5.03. The van der Waals surface area contributed by atoms with Gasteiger partial charge in [0.2, 0.25) is 0 Å². The molecule has 0 aliphatic heterocycles. The molecule has 1 aromatic heterocycles. The minimum absolute atomic E-state index is 0.398. The van der Waals surface area contributed by atoms with Crippen LogP contribution in [0.15, 0.2) is 12.4 Å². The lowest BCUT2D eigenvalue weighted by Crippen LogP contribution is -2.38. The first-order chi connectivity index (χ1) is 9.19. The first-order valence-electron chi connectivity index (χ1n) is 7.95. The van der Waals surface area contributed by atoms with E-state index in [0.29, 0.717) is 11.5 Å². The van der Waals surface area contributed by atoms with Crippen molar-refractivity contribution >= 4 is 0 Å². The second-order valence-corrected chi connectivity index (χ2v) is 6.23. The van der Waals surface area contributed by atoms with Crippen LogP contribution in [0.2, 0.25) is 0 Å². The molecule has 3 nitrogen and oxygen atoms in total.